The van der Waals surface area contributed by atoms with Crippen LogP contribution in [0, 0.1) is 5.41 Å². The highest BCUT2D eigenvalue weighted by Crippen LogP contribution is 2.24. The molecule has 0 heterocycles. The van der Waals surface area contributed by atoms with Gasteiger partial charge in [0.25, 0.3) is 0 Å². The van der Waals surface area contributed by atoms with Crippen molar-refractivity contribution < 1.29 is 8.42 Å². The lowest BCUT2D eigenvalue weighted by Crippen LogP contribution is -2.42. The Hall–Kier alpha value is -0.0900. The van der Waals surface area contributed by atoms with E-state index in [-0.39, 0.29) is 11.5 Å². The van der Waals surface area contributed by atoms with Crippen LogP contribution < -0.4 is 0 Å². The predicted octanol–water partition coefficient (Wildman–Crippen LogP) is 1.31. The summed E-state index contributed by atoms with van der Waals surface area (Å²) in [4.78, 5) is 0. The van der Waals surface area contributed by atoms with Gasteiger partial charge in [0.1, 0.15) is 0 Å². The summed E-state index contributed by atoms with van der Waals surface area (Å²) in [5, 5.41) is 0. The topological polar surface area (TPSA) is 37.4 Å². The second-order valence-electron chi connectivity index (χ2n) is 4.32. The van der Waals surface area contributed by atoms with Crippen LogP contribution in [0.2, 0.25) is 0 Å². The van der Waals surface area contributed by atoms with Crippen molar-refractivity contribution in [3.05, 3.63) is 0 Å². The highest BCUT2D eigenvalue weighted by Gasteiger charge is 2.28. The van der Waals surface area contributed by atoms with Crippen LogP contribution in [0.1, 0.15) is 27.7 Å². The molecular weight excluding hydrogens is 174 g/mol. The Morgan fingerprint density at radius 1 is 1.25 bits per heavy atom. The van der Waals surface area contributed by atoms with Crippen LogP contribution >= 0.6 is 0 Å². The predicted molar refractivity (Wildman–Crippen MR) is 51.5 cm³/mol. The summed E-state index contributed by atoms with van der Waals surface area (Å²) in [5.41, 5.74) is -0.0160. The average molecular weight is 193 g/mol. The fraction of sp³-hybridized carbons (Fsp3) is 1.00. The first kappa shape index (κ1) is 11.9. The molecule has 0 N–H and O–H groups in total. The Morgan fingerprint density at radius 2 is 1.58 bits per heavy atom. The van der Waals surface area contributed by atoms with Crippen molar-refractivity contribution in [1.29, 1.82) is 0 Å². The maximum absolute atomic E-state index is 11.1. The molecule has 0 radical (unpaired) electrons. The molecule has 12 heavy (non-hydrogen) atoms. The van der Waals surface area contributed by atoms with Crippen LogP contribution in [0.3, 0.4) is 0 Å². The molecule has 0 saturated heterocycles. The van der Waals surface area contributed by atoms with Crippen molar-refractivity contribution in [2.45, 2.75) is 33.7 Å². The van der Waals surface area contributed by atoms with Gasteiger partial charge in [-0.05, 0) is 12.3 Å². The first-order valence-corrected chi connectivity index (χ1v) is 5.84. The zero-order valence-corrected chi connectivity index (χ0v) is 9.57. The normalized spacial score (nSPS) is 16.6. The molecular formula is C8H19NO2S. The molecule has 0 aliphatic heterocycles. The molecule has 0 bridgehead atoms. The van der Waals surface area contributed by atoms with Crippen molar-refractivity contribution >= 4 is 10.0 Å². The molecule has 0 aliphatic rings. The lowest BCUT2D eigenvalue weighted by Gasteiger charge is -2.33. The largest absolute Gasteiger partial charge is 0.213 e. The quantitative estimate of drug-likeness (QED) is 0.663. The van der Waals surface area contributed by atoms with Gasteiger partial charge in [-0.1, -0.05) is 20.8 Å². The Morgan fingerprint density at radius 3 is 1.67 bits per heavy atom. The highest BCUT2D eigenvalue weighted by atomic mass is 32.2. The molecule has 0 spiro atoms. The van der Waals surface area contributed by atoms with Crippen molar-refractivity contribution in [2.75, 3.05) is 13.3 Å². The molecule has 1 atom stereocenters. The summed E-state index contributed by atoms with van der Waals surface area (Å²) in [6.07, 6.45) is 1.23. The van der Waals surface area contributed by atoms with Crippen molar-refractivity contribution in [2.24, 2.45) is 5.41 Å². The molecule has 0 saturated carbocycles. The molecule has 0 fully saturated rings. The smallest absolute Gasteiger partial charge is 0.211 e. The van der Waals surface area contributed by atoms with Gasteiger partial charge in [-0.3, -0.25) is 0 Å². The molecule has 0 aliphatic carbocycles. The van der Waals surface area contributed by atoms with Gasteiger partial charge < -0.3 is 0 Å². The lowest BCUT2D eigenvalue weighted by atomic mass is 9.88. The number of nitrogens with zero attached hydrogens (tertiary/aromatic N) is 1. The van der Waals surface area contributed by atoms with E-state index in [2.05, 4.69) is 0 Å². The van der Waals surface area contributed by atoms with Gasteiger partial charge in [-0.15, -0.1) is 0 Å². The van der Waals surface area contributed by atoms with Crippen molar-refractivity contribution in [3.8, 4) is 0 Å². The van der Waals surface area contributed by atoms with Gasteiger partial charge in [0, 0.05) is 13.1 Å². The van der Waals surface area contributed by atoms with Gasteiger partial charge in [0.2, 0.25) is 10.0 Å². The van der Waals surface area contributed by atoms with Gasteiger partial charge in [0.05, 0.1) is 6.26 Å². The fourth-order valence-corrected chi connectivity index (χ4v) is 1.72. The third-order valence-corrected chi connectivity index (χ3v) is 3.68. The van der Waals surface area contributed by atoms with E-state index < -0.39 is 10.0 Å². The van der Waals surface area contributed by atoms with E-state index in [0.717, 1.165) is 0 Å². The Labute approximate surface area is 75.8 Å². The van der Waals surface area contributed by atoms with Gasteiger partial charge >= 0.3 is 0 Å². The summed E-state index contributed by atoms with van der Waals surface area (Å²) in [7, 11) is -1.44. The number of rotatable bonds is 2. The zero-order valence-electron chi connectivity index (χ0n) is 8.75. The number of sulfonamides is 1. The second kappa shape index (κ2) is 3.34. The third-order valence-electron chi connectivity index (χ3n) is 2.32. The van der Waals surface area contributed by atoms with Crippen LogP contribution in [-0.4, -0.2) is 32.1 Å². The molecule has 74 valence electrons. The van der Waals surface area contributed by atoms with Crippen LogP contribution in [0.25, 0.3) is 0 Å². The minimum Gasteiger partial charge on any atom is -0.213 e. The van der Waals surface area contributed by atoms with Gasteiger partial charge in [0.15, 0.2) is 0 Å². The molecule has 3 nitrogen and oxygen atoms in total. The minimum absolute atomic E-state index is 0.0160. The van der Waals surface area contributed by atoms with E-state index in [1.807, 2.05) is 27.7 Å². The number of hydrogen-bond donors (Lipinski definition) is 0. The van der Waals surface area contributed by atoms with Gasteiger partial charge in [-0.2, -0.15) is 0 Å². The minimum atomic E-state index is -3.05. The molecule has 0 aromatic heterocycles. The standard InChI is InChI=1S/C8H19NO2S/c1-7(8(2,3)4)9(5)12(6,10)11/h7H,1-6H3. The Kier molecular flexibility index (Phi) is 3.32. The third kappa shape index (κ3) is 3.11. The van der Waals surface area contributed by atoms with E-state index in [1.54, 1.807) is 7.05 Å². The Balaban J connectivity index is 4.64. The molecule has 0 aromatic rings. The van der Waals surface area contributed by atoms with E-state index in [9.17, 15) is 8.42 Å². The maximum Gasteiger partial charge on any atom is 0.211 e. The molecule has 1 unspecified atom stereocenters. The van der Waals surface area contributed by atoms with E-state index in [0.29, 0.717) is 0 Å². The molecule has 4 heteroatoms. The van der Waals surface area contributed by atoms with Crippen LogP contribution in [-0.2, 0) is 10.0 Å². The van der Waals surface area contributed by atoms with Gasteiger partial charge in [-0.25, -0.2) is 12.7 Å². The summed E-state index contributed by atoms with van der Waals surface area (Å²) >= 11 is 0. The van der Waals surface area contributed by atoms with Crippen LogP contribution in [0.4, 0.5) is 0 Å². The lowest BCUT2D eigenvalue weighted by molar-refractivity contribution is 0.217. The molecule has 0 rings (SSSR count). The molecule has 0 amide bonds. The average Bonchev–Trinajstić information content (AvgIpc) is 1.80. The van der Waals surface area contributed by atoms with Crippen LogP contribution in [0.5, 0.6) is 0 Å². The van der Waals surface area contributed by atoms with Crippen molar-refractivity contribution in [1.82, 2.24) is 4.31 Å². The van der Waals surface area contributed by atoms with E-state index in [4.69, 9.17) is 0 Å². The summed E-state index contributed by atoms with van der Waals surface area (Å²) in [5.74, 6) is 0. The van der Waals surface area contributed by atoms with E-state index >= 15 is 0 Å². The second-order valence-corrected chi connectivity index (χ2v) is 6.36. The molecule has 0 aromatic carbocycles. The summed E-state index contributed by atoms with van der Waals surface area (Å²) in [6, 6.07) is 0.0208. The van der Waals surface area contributed by atoms with E-state index in [1.165, 1.54) is 10.6 Å². The Bertz CT molecular complexity index is 238. The first-order chi connectivity index (χ1) is 5.07. The highest BCUT2D eigenvalue weighted by molar-refractivity contribution is 7.88. The summed E-state index contributed by atoms with van der Waals surface area (Å²) in [6.45, 7) is 8.00. The van der Waals surface area contributed by atoms with Crippen LogP contribution in [0.15, 0.2) is 0 Å². The first-order valence-electron chi connectivity index (χ1n) is 4.00. The summed E-state index contributed by atoms with van der Waals surface area (Å²) < 4.78 is 23.7. The number of hydrogen-bond acceptors (Lipinski definition) is 2. The van der Waals surface area contributed by atoms with Crippen molar-refractivity contribution in [3.63, 3.8) is 0 Å². The fourth-order valence-electron chi connectivity index (χ4n) is 0.833. The monoisotopic (exact) mass is 193 g/mol. The zero-order chi connectivity index (χ0) is 10.2. The SMILES string of the molecule is CC(N(C)S(C)(=O)=O)C(C)(C)C. The maximum atomic E-state index is 11.1.